The maximum absolute atomic E-state index is 13.1. The van der Waals surface area contributed by atoms with Crippen LogP contribution in [0, 0.1) is 0 Å². The zero-order valence-corrected chi connectivity index (χ0v) is 42.9. The van der Waals surface area contributed by atoms with Gasteiger partial charge in [-0.1, -0.05) is 167 Å². The van der Waals surface area contributed by atoms with Crippen LogP contribution in [0.5, 0.6) is 0 Å². The molecule has 8 N–H and O–H groups in total. The first kappa shape index (κ1) is 63.9. The predicted octanol–water partition coefficient (Wildman–Crippen LogP) is 9.29. The molecule has 0 aromatic heterocycles. The van der Waals surface area contributed by atoms with Crippen LogP contribution in [0.1, 0.15) is 206 Å². The van der Waals surface area contributed by atoms with Gasteiger partial charge in [-0.3, -0.25) is 27.7 Å². The number of allylic oxidation sites excluding steroid dienone is 2. The molecule has 0 saturated heterocycles. The fourth-order valence-electron chi connectivity index (χ4n) is 7.81. The van der Waals surface area contributed by atoms with Gasteiger partial charge in [0, 0.05) is 12.8 Å². The van der Waals surface area contributed by atoms with E-state index < -0.39 is 91.3 Å². The molecule has 0 aliphatic heterocycles. The molecule has 0 amide bonds. The number of hydrogen-bond donors (Lipinski definition) is 8. The molecule has 0 heterocycles. The van der Waals surface area contributed by atoms with Crippen LogP contribution in [-0.4, -0.2) is 108 Å². The van der Waals surface area contributed by atoms with Crippen LogP contribution in [0.3, 0.4) is 0 Å². The van der Waals surface area contributed by atoms with Crippen molar-refractivity contribution in [2.75, 3.05) is 13.2 Å². The molecule has 5 unspecified atom stereocenters. The Morgan fingerprint density at radius 1 is 0.463 bits per heavy atom. The Hall–Kier alpha value is -1.11. The Balaban J connectivity index is 2.70. The number of hydrogen-bond acceptors (Lipinski definition) is 14. The molecule has 22 heteroatoms. The van der Waals surface area contributed by atoms with Crippen LogP contribution in [-0.2, 0) is 50.9 Å². The predicted molar refractivity (Wildman–Crippen MR) is 252 cm³/mol. The summed E-state index contributed by atoms with van der Waals surface area (Å²) in [5.41, 5.74) is 0. The normalized spacial score (nSPS) is 21.6. The highest BCUT2D eigenvalue weighted by molar-refractivity contribution is 7.47. The minimum absolute atomic E-state index is 0.00291. The molecule has 1 rings (SSSR count). The van der Waals surface area contributed by atoms with E-state index >= 15 is 0 Å². The number of rotatable bonds is 43. The number of phosphoric ester groups is 3. The molecule has 0 bridgehead atoms. The zero-order chi connectivity index (χ0) is 50.0. The summed E-state index contributed by atoms with van der Waals surface area (Å²) in [6.45, 7) is 2.95. The van der Waals surface area contributed by atoms with E-state index in [0.29, 0.717) is 12.8 Å². The van der Waals surface area contributed by atoms with Crippen molar-refractivity contribution >= 4 is 35.4 Å². The zero-order valence-electron chi connectivity index (χ0n) is 40.2. The summed E-state index contributed by atoms with van der Waals surface area (Å²) in [6.07, 6.45) is 19.3. The smallest absolute Gasteiger partial charge is 0.462 e. The van der Waals surface area contributed by atoms with Crippen LogP contribution in [0.15, 0.2) is 12.2 Å². The summed E-state index contributed by atoms with van der Waals surface area (Å²) in [5.74, 6) is -1.29. The number of carbonyl (C=O) groups is 2. The minimum Gasteiger partial charge on any atom is -0.462 e. The monoisotopic (exact) mass is 1020 g/mol. The van der Waals surface area contributed by atoms with Gasteiger partial charge in [-0.05, 0) is 38.5 Å². The van der Waals surface area contributed by atoms with E-state index in [1.807, 2.05) is 0 Å². The van der Waals surface area contributed by atoms with Gasteiger partial charge in [0.1, 0.15) is 43.2 Å². The summed E-state index contributed by atoms with van der Waals surface area (Å²) in [6, 6.07) is 0. The first-order chi connectivity index (χ1) is 31.8. The van der Waals surface area contributed by atoms with Crippen molar-refractivity contribution in [1.82, 2.24) is 0 Å². The van der Waals surface area contributed by atoms with E-state index in [4.69, 9.17) is 18.5 Å². The third kappa shape index (κ3) is 34.0. The van der Waals surface area contributed by atoms with Crippen molar-refractivity contribution in [3.63, 3.8) is 0 Å². The summed E-state index contributed by atoms with van der Waals surface area (Å²) in [4.78, 5) is 73.3. The van der Waals surface area contributed by atoms with Gasteiger partial charge in [-0.25, -0.2) is 13.7 Å². The largest absolute Gasteiger partial charge is 0.472 e. The Bertz CT molecular complexity index is 1460. The molecule has 0 aromatic rings. The molecule has 396 valence electrons. The molecule has 67 heavy (non-hydrogen) atoms. The van der Waals surface area contributed by atoms with Crippen molar-refractivity contribution < 1.29 is 90.6 Å². The van der Waals surface area contributed by atoms with Gasteiger partial charge in [-0.2, -0.15) is 0 Å². The second-order valence-corrected chi connectivity index (χ2v) is 21.5. The van der Waals surface area contributed by atoms with E-state index in [9.17, 15) is 63.1 Å². The second kappa shape index (κ2) is 37.6. The number of phosphoric acid groups is 3. The lowest BCUT2D eigenvalue weighted by Crippen LogP contribution is -2.65. The summed E-state index contributed by atoms with van der Waals surface area (Å²) >= 11 is 0. The Morgan fingerprint density at radius 2 is 0.821 bits per heavy atom. The van der Waals surface area contributed by atoms with Gasteiger partial charge in [0.25, 0.3) is 0 Å². The van der Waals surface area contributed by atoms with Crippen LogP contribution in [0.4, 0.5) is 0 Å². The number of esters is 2. The molecule has 0 spiro atoms. The van der Waals surface area contributed by atoms with Gasteiger partial charge in [0.2, 0.25) is 0 Å². The van der Waals surface area contributed by atoms with Crippen molar-refractivity contribution in [1.29, 1.82) is 0 Å². The van der Waals surface area contributed by atoms with Crippen LogP contribution < -0.4 is 0 Å². The maximum atomic E-state index is 13.1. The Labute approximate surface area is 399 Å². The van der Waals surface area contributed by atoms with Gasteiger partial charge in [0.05, 0.1) is 6.61 Å². The lowest BCUT2D eigenvalue weighted by atomic mass is 9.85. The number of aliphatic hydroxyl groups is 3. The molecular formula is C45H87O19P3. The maximum Gasteiger partial charge on any atom is 0.472 e. The molecule has 1 aliphatic carbocycles. The topological polar surface area (TPSA) is 303 Å². The summed E-state index contributed by atoms with van der Waals surface area (Å²) in [7, 11) is -16.6. The summed E-state index contributed by atoms with van der Waals surface area (Å²) < 4.78 is 65.5. The minimum atomic E-state index is -5.60. The van der Waals surface area contributed by atoms with E-state index in [2.05, 4.69) is 35.0 Å². The number of unbranched alkanes of at least 4 members (excludes halogenated alkanes) is 25. The highest BCUT2D eigenvalue weighted by atomic mass is 31.2. The van der Waals surface area contributed by atoms with Gasteiger partial charge in [0.15, 0.2) is 6.10 Å². The van der Waals surface area contributed by atoms with E-state index in [1.54, 1.807) is 0 Å². The van der Waals surface area contributed by atoms with E-state index in [1.165, 1.54) is 89.9 Å². The second-order valence-electron chi connectivity index (χ2n) is 17.8. The Kier molecular flexibility index (Phi) is 35.9. The van der Waals surface area contributed by atoms with Crippen LogP contribution in [0.25, 0.3) is 0 Å². The third-order valence-corrected chi connectivity index (χ3v) is 13.6. The van der Waals surface area contributed by atoms with Gasteiger partial charge in [-0.15, -0.1) is 0 Å². The lowest BCUT2D eigenvalue weighted by molar-refractivity contribution is -0.213. The fourth-order valence-corrected chi connectivity index (χ4v) is 9.91. The molecule has 8 atom stereocenters. The first-order valence-corrected chi connectivity index (χ1v) is 29.5. The quantitative estimate of drug-likeness (QED) is 0.0122. The average molecular weight is 1030 g/mol. The molecule has 1 aliphatic rings. The van der Waals surface area contributed by atoms with E-state index in [0.717, 1.165) is 77.0 Å². The fraction of sp³-hybridized carbons (Fsp3) is 0.911. The highest BCUT2D eigenvalue weighted by Crippen LogP contribution is 2.51. The average Bonchev–Trinajstić information content (AvgIpc) is 3.25. The van der Waals surface area contributed by atoms with Gasteiger partial charge >= 0.3 is 35.4 Å². The SMILES string of the molecule is CCCCCC/C=C\CCCCCCCCCC(=O)O[C@H](COC(=O)CCCCCCCCCCCCCCCCC)COP(=O)(O)O[C@H]1C(O)C(O)C(OP(=O)(O)O)[C@@H](OP(=O)(O)O)C1O. The summed E-state index contributed by atoms with van der Waals surface area (Å²) in [5, 5.41) is 31.9. The van der Waals surface area contributed by atoms with Crippen molar-refractivity contribution in [2.45, 2.75) is 249 Å². The molecule has 0 aromatic carbocycles. The molecule has 19 nitrogen and oxygen atoms in total. The van der Waals surface area contributed by atoms with Crippen molar-refractivity contribution in [3.05, 3.63) is 12.2 Å². The van der Waals surface area contributed by atoms with Crippen molar-refractivity contribution in [2.24, 2.45) is 0 Å². The molecule has 1 saturated carbocycles. The molecule has 0 radical (unpaired) electrons. The highest BCUT2D eigenvalue weighted by Gasteiger charge is 2.56. The number of ether oxygens (including phenoxy) is 2. The first-order valence-electron chi connectivity index (χ1n) is 25.0. The number of aliphatic hydroxyl groups excluding tert-OH is 3. The third-order valence-electron chi connectivity index (χ3n) is 11.6. The Morgan fingerprint density at radius 3 is 1.25 bits per heavy atom. The lowest BCUT2D eigenvalue weighted by Gasteiger charge is -2.44. The standard InChI is InChI=1S/C45H87O19P3/c1-3-5-7-9-11-13-15-17-19-21-23-25-27-29-31-33-38(46)59-35-37(61-39(47)34-32-30-28-26-24-22-20-18-16-14-12-10-8-6-4-2)36-60-67(57,58)64-43-40(48)41(49)44(62-65(51,52)53)45(42(43)50)63-66(54,55)56/h14,16,37,40-45,48-50H,3-13,15,17-36H2,1-2H3,(H,57,58)(H2,51,52,53)(H2,54,55,56)/b16-14-/t37-,40?,41?,42?,43+,44?,45+/m1/s1. The van der Waals surface area contributed by atoms with Gasteiger partial charge < -0.3 is 49.3 Å². The van der Waals surface area contributed by atoms with Crippen LogP contribution >= 0.6 is 23.5 Å². The van der Waals surface area contributed by atoms with E-state index in [-0.39, 0.29) is 12.8 Å². The van der Waals surface area contributed by atoms with Crippen molar-refractivity contribution in [3.8, 4) is 0 Å². The molecule has 1 fully saturated rings. The number of carbonyl (C=O) groups excluding carboxylic acids is 2. The van der Waals surface area contributed by atoms with Crippen LogP contribution in [0.2, 0.25) is 0 Å². The molecular weight excluding hydrogens is 937 g/mol.